The highest BCUT2D eigenvalue weighted by Crippen LogP contribution is 2.36. The van der Waals surface area contributed by atoms with Crippen LogP contribution < -0.4 is 15.6 Å². The molecular formula is C20H24N2O4. The van der Waals surface area contributed by atoms with Crippen LogP contribution in [0.15, 0.2) is 42.5 Å². The molecule has 6 nitrogen and oxygen atoms in total. The minimum absolute atomic E-state index is 0.00441. The van der Waals surface area contributed by atoms with Crippen molar-refractivity contribution in [2.24, 2.45) is 5.92 Å². The highest BCUT2D eigenvalue weighted by molar-refractivity contribution is 5.81. The summed E-state index contributed by atoms with van der Waals surface area (Å²) in [6.07, 6.45) is 0.194. The maximum atomic E-state index is 11.4. The number of aromatic hydroxyl groups is 1. The van der Waals surface area contributed by atoms with Gasteiger partial charge in [0.2, 0.25) is 0 Å². The Balaban J connectivity index is 1.56. The maximum absolute atomic E-state index is 11.4. The molecule has 138 valence electrons. The van der Waals surface area contributed by atoms with Crippen LogP contribution in [0, 0.1) is 5.92 Å². The van der Waals surface area contributed by atoms with E-state index in [0.717, 1.165) is 13.0 Å². The first-order valence-corrected chi connectivity index (χ1v) is 8.77. The molecule has 3 rings (SSSR count). The molecule has 4 N–H and O–H groups in total. The van der Waals surface area contributed by atoms with Crippen molar-refractivity contribution in [1.82, 2.24) is 10.8 Å². The van der Waals surface area contributed by atoms with Crippen molar-refractivity contribution in [2.75, 3.05) is 13.1 Å². The van der Waals surface area contributed by atoms with E-state index in [-0.39, 0.29) is 18.1 Å². The first kappa shape index (κ1) is 18.2. The molecule has 0 spiro atoms. The fourth-order valence-corrected chi connectivity index (χ4v) is 3.16. The average molecular weight is 356 g/mol. The number of hydrogen-bond acceptors (Lipinski definition) is 5. The highest BCUT2D eigenvalue weighted by atomic mass is 16.7. The van der Waals surface area contributed by atoms with Gasteiger partial charge >= 0.3 is 0 Å². The third kappa shape index (κ3) is 4.33. The highest BCUT2D eigenvalue weighted by Gasteiger charge is 2.26. The van der Waals surface area contributed by atoms with Crippen molar-refractivity contribution in [1.29, 1.82) is 0 Å². The molecule has 0 aromatic heterocycles. The van der Waals surface area contributed by atoms with Gasteiger partial charge in [0.05, 0.1) is 12.5 Å². The van der Waals surface area contributed by atoms with Gasteiger partial charge in [-0.25, -0.2) is 0 Å². The van der Waals surface area contributed by atoms with Crippen LogP contribution in [0.5, 0.6) is 11.5 Å². The third-order valence-corrected chi connectivity index (χ3v) is 4.49. The molecule has 1 amide bonds. The summed E-state index contributed by atoms with van der Waals surface area (Å²) in [6, 6.07) is 13.4. The first-order chi connectivity index (χ1) is 12.5. The zero-order valence-electron chi connectivity index (χ0n) is 14.7. The Labute approximate surface area is 152 Å². The molecule has 0 radical (unpaired) electrons. The number of carbonyl (C=O) groups is 1. The van der Waals surface area contributed by atoms with Gasteiger partial charge in [-0.2, -0.15) is 5.48 Å². The van der Waals surface area contributed by atoms with E-state index in [2.05, 4.69) is 29.9 Å². The molecule has 6 heteroatoms. The number of hydroxylamine groups is 1. The standard InChI is InChI=1S/C20H24N2O4/c1-13(9-14-5-3-2-4-6-14)11-21-12-18(24)15-7-8-17(23)16-10-19(25)22-26-20(15)16/h2-8,13,18,21,23-24H,9-12H2,1H3,(H,22,25). The second-order valence-corrected chi connectivity index (χ2v) is 6.75. The Morgan fingerprint density at radius 3 is 2.73 bits per heavy atom. The van der Waals surface area contributed by atoms with Crippen LogP contribution >= 0.6 is 0 Å². The molecule has 1 heterocycles. The molecule has 1 aliphatic heterocycles. The lowest BCUT2D eigenvalue weighted by Crippen LogP contribution is -2.34. The number of nitrogens with one attached hydrogen (secondary N) is 2. The third-order valence-electron chi connectivity index (χ3n) is 4.49. The number of benzene rings is 2. The van der Waals surface area contributed by atoms with Crippen LogP contribution in [0.1, 0.15) is 29.7 Å². The van der Waals surface area contributed by atoms with Crippen LogP contribution in [0.4, 0.5) is 0 Å². The lowest BCUT2D eigenvalue weighted by Gasteiger charge is -2.23. The first-order valence-electron chi connectivity index (χ1n) is 8.77. The Hall–Kier alpha value is -2.57. The van der Waals surface area contributed by atoms with E-state index in [9.17, 15) is 15.0 Å². The van der Waals surface area contributed by atoms with E-state index >= 15 is 0 Å². The molecule has 0 saturated carbocycles. The van der Waals surface area contributed by atoms with Crippen LogP contribution in [0.3, 0.4) is 0 Å². The number of aliphatic hydroxyl groups excluding tert-OH is 1. The van der Waals surface area contributed by atoms with E-state index in [4.69, 9.17) is 4.84 Å². The summed E-state index contributed by atoms with van der Waals surface area (Å²) in [5.41, 5.74) is 4.52. The molecule has 1 aliphatic rings. The Kier molecular flexibility index (Phi) is 5.75. The topological polar surface area (TPSA) is 90.8 Å². The minimum atomic E-state index is -0.803. The molecule has 0 saturated heterocycles. The van der Waals surface area contributed by atoms with Gasteiger partial charge < -0.3 is 20.4 Å². The molecular weight excluding hydrogens is 332 g/mol. The summed E-state index contributed by atoms with van der Waals surface area (Å²) in [4.78, 5) is 16.7. The molecule has 2 aromatic rings. The number of hydrogen-bond donors (Lipinski definition) is 4. The Morgan fingerprint density at radius 1 is 1.19 bits per heavy atom. The van der Waals surface area contributed by atoms with Gasteiger partial charge in [0.1, 0.15) is 5.75 Å². The summed E-state index contributed by atoms with van der Waals surface area (Å²) in [5.74, 6) is 0.424. The lowest BCUT2D eigenvalue weighted by molar-refractivity contribution is -0.128. The van der Waals surface area contributed by atoms with E-state index in [0.29, 0.717) is 29.3 Å². The zero-order valence-corrected chi connectivity index (χ0v) is 14.7. The fourth-order valence-electron chi connectivity index (χ4n) is 3.16. The average Bonchev–Trinajstić information content (AvgIpc) is 2.63. The second-order valence-electron chi connectivity index (χ2n) is 6.75. The van der Waals surface area contributed by atoms with Crippen molar-refractivity contribution in [2.45, 2.75) is 25.9 Å². The predicted octanol–water partition coefficient (Wildman–Crippen LogP) is 1.86. The molecule has 2 atom stereocenters. The molecule has 26 heavy (non-hydrogen) atoms. The van der Waals surface area contributed by atoms with Gasteiger partial charge in [-0.1, -0.05) is 37.3 Å². The largest absolute Gasteiger partial charge is 0.508 e. The van der Waals surface area contributed by atoms with Gasteiger partial charge in [-0.05, 0) is 36.6 Å². The number of aliphatic hydroxyl groups is 1. The van der Waals surface area contributed by atoms with Crippen molar-refractivity contribution in [3.8, 4) is 11.5 Å². The van der Waals surface area contributed by atoms with Gasteiger partial charge in [0.15, 0.2) is 5.75 Å². The van der Waals surface area contributed by atoms with Crippen LogP contribution in [-0.2, 0) is 17.6 Å². The maximum Gasteiger partial charge on any atom is 0.257 e. The van der Waals surface area contributed by atoms with E-state index in [1.54, 1.807) is 6.07 Å². The van der Waals surface area contributed by atoms with Crippen molar-refractivity contribution < 1.29 is 19.8 Å². The van der Waals surface area contributed by atoms with Gasteiger partial charge in [0.25, 0.3) is 5.91 Å². The Morgan fingerprint density at radius 2 is 1.96 bits per heavy atom. The predicted molar refractivity (Wildman–Crippen MR) is 97.7 cm³/mol. The fraction of sp³-hybridized carbons (Fsp3) is 0.350. The summed E-state index contributed by atoms with van der Waals surface area (Å²) in [6.45, 7) is 3.28. The summed E-state index contributed by atoms with van der Waals surface area (Å²) in [7, 11) is 0. The van der Waals surface area contributed by atoms with Crippen LogP contribution in [-0.4, -0.2) is 29.2 Å². The number of phenolic OH excluding ortho intramolecular Hbond substituents is 1. The van der Waals surface area contributed by atoms with E-state index in [1.165, 1.54) is 11.6 Å². The number of carbonyl (C=O) groups excluding carboxylic acids is 1. The zero-order chi connectivity index (χ0) is 18.5. The van der Waals surface area contributed by atoms with Crippen molar-refractivity contribution in [3.05, 3.63) is 59.2 Å². The van der Waals surface area contributed by atoms with Crippen LogP contribution in [0.25, 0.3) is 0 Å². The molecule has 0 aliphatic carbocycles. The quantitative estimate of drug-likeness (QED) is 0.608. The number of fused-ring (bicyclic) bond motifs is 1. The number of amides is 1. The smallest absolute Gasteiger partial charge is 0.257 e. The SMILES string of the molecule is CC(CNCC(O)c1ccc(O)c2c1ONC(=O)C2)Cc1ccccc1. The molecule has 0 fully saturated rings. The summed E-state index contributed by atoms with van der Waals surface area (Å²) >= 11 is 0. The van der Waals surface area contributed by atoms with Gasteiger partial charge in [0, 0.05) is 17.7 Å². The normalized spacial score (nSPS) is 15.5. The number of rotatable bonds is 7. The van der Waals surface area contributed by atoms with Gasteiger partial charge in [-0.3, -0.25) is 4.79 Å². The number of phenols is 1. The molecule has 2 aromatic carbocycles. The molecule has 0 bridgehead atoms. The summed E-state index contributed by atoms with van der Waals surface area (Å²) < 4.78 is 0. The van der Waals surface area contributed by atoms with Crippen LogP contribution in [0.2, 0.25) is 0 Å². The van der Waals surface area contributed by atoms with E-state index in [1.807, 2.05) is 18.2 Å². The van der Waals surface area contributed by atoms with Gasteiger partial charge in [-0.15, -0.1) is 0 Å². The second kappa shape index (κ2) is 8.21. The van der Waals surface area contributed by atoms with E-state index < -0.39 is 6.10 Å². The van der Waals surface area contributed by atoms with Crippen molar-refractivity contribution in [3.63, 3.8) is 0 Å². The minimum Gasteiger partial charge on any atom is -0.508 e. The lowest BCUT2D eigenvalue weighted by atomic mass is 9.99. The van der Waals surface area contributed by atoms with Crippen molar-refractivity contribution >= 4 is 5.91 Å². The Bertz CT molecular complexity index is 764. The summed E-state index contributed by atoms with van der Waals surface area (Å²) in [5, 5.41) is 23.7. The monoisotopic (exact) mass is 356 g/mol. The molecule has 2 unspecified atom stereocenters.